The van der Waals surface area contributed by atoms with Gasteiger partial charge in [0.15, 0.2) is 0 Å². The predicted molar refractivity (Wildman–Crippen MR) is 102 cm³/mol. The molecule has 2 rings (SSSR count). The largest absolute Gasteiger partial charge is 0.379 e. The van der Waals surface area contributed by atoms with Gasteiger partial charge in [-0.15, -0.1) is 0 Å². The molecular weight excluding hydrogens is 330 g/mol. The third-order valence-electron chi connectivity index (χ3n) is 4.40. The molecule has 0 unspecified atom stereocenters. The Morgan fingerprint density at radius 3 is 2.50 bits per heavy atom. The van der Waals surface area contributed by atoms with E-state index in [1.807, 2.05) is 49.1 Å². The van der Waals surface area contributed by atoms with Crippen molar-refractivity contribution in [2.45, 2.75) is 32.8 Å². The first-order chi connectivity index (χ1) is 12.6. The number of nitrogens with one attached hydrogen (secondary N) is 1. The van der Waals surface area contributed by atoms with Crippen molar-refractivity contribution in [3.63, 3.8) is 0 Å². The zero-order valence-electron chi connectivity index (χ0n) is 15.9. The first-order valence-corrected chi connectivity index (χ1v) is 9.52. The van der Waals surface area contributed by atoms with Crippen LogP contribution in [-0.4, -0.2) is 73.6 Å². The van der Waals surface area contributed by atoms with Gasteiger partial charge in [-0.3, -0.25) is 9.59 Å². The van der Waals surface area contributed by atoms with Crippen LogP contribution in [0.1, 0.15) is 37.0 Å². The Labute approximate surface area is 156 Å². The van der Waals surface area contributed by atoms with Gasteiger partial charge in [0.05, 0.1) is 6.10 Å². The summed E-state index contributed by atoms with van der Waals surface area (Å²) in [5, 5.41) is 3.25. The fourth-order valence-electron chi connectivity index (χ4n) is 2.96. The second-order valence-corrected chi connectivity index (χ2v) is 6.81. The molecule has 0 aromatic heterocycles. The second kappa shape index (κ2) is 10.9. The van der Waals surface area contributed by atoms with Crippen LogP contribution in [0.2, 0.25) is 0 Å². The summed E-state index contributed by atoms with van der Waals surface area (Å²) in [6.07, 6.45) is 1.31. The lowest BCUT2D eigenvalue weighted by atomic mass is 10.2. The van der Waals surface area contributed by atoms with Gasteiger partial charge in [0, 0.05) is 57.9 Å². The molecule has 1 aromatic carbocycles. The number of amides is 2. The summed E-state index contributed by atoms with van der Waals surface area (Å²) in [4.78, 5) is 28.9. The van der Waals surface area contributed by atoms with Crippen LogP contribution in [0.5, 0.6) is 0 Å². The zero-order valence-corrected chi connectivity index (χ0v) is 15.9. The van der Waals surface area contributed by atoms with Crippen LogP contribution in [0.3, 0.4) is 0 Å². The van der Waals surface area contributed by atoms with Crippen molar-refractivity contribution in [2.24, 2.45) is 0 Å². The lowest BCUT2D eigenvalue weighted by Gasteiger charge is -2.29. The molecule has 144 valence electrons. The van der Waals surface area contributed by atoms with E-state index in [1.165, 1.54) is 0 Å². The van der Waals surface area contributed by atoms with E-state index in [0.717, 1.165) is 32.6 Å². The highest BCUT2D eigenvalue weighted by molar-refractivity contribution is 5.94. The minimum Gasteiger partial charge on any atom is -0.379 e. The normalized spacial score (nSPS) is 14.5. The number of carbonyl (C=O) groups is 2. The lowest BCUT2D eigenvalue weighted by Crippen LogP contribution is -2.47. The molecule has 1 aliphatic rings. The van der Waals surface area contributed by atoms with Gasteiger partial charge in [0.1, 0.15) is 0 Å². The number of nitrogens with zero attached hydrogens (tertiary/aromatic N) is 2. The summed E-state index contributed by atoms with van der Waals surface area (Å²) < 4.78 is 5.58. The molecule has 1 N–H and O–H groups in total. The van der Waals surface area contributed by atoms with E-state index in [9.17, 15) is 9.59 Å². The fourth-order valence-corrected chi connectivity index (χ4v) is 2.96. The van der Waals surface area contributed by atoms with Crippen LogP contribution in [0, 0.1) is 0 Å². The van der Waals surface area contributed by atoms with Crippen molar-refractivity contribution in [3.05, 3.63) is 35.9 Å². The average Bonchev–Trinajstić information content (AvgIpc) is 2.67. The van der Waals surface area contributed by atoms with Crippen LogP contribution >= 0.6 is 0 Å². The molecule has 1 heterocycles. The number of carbonyl (C=O) groups excluding carboxylic acids is 2. The molecule has 1 fully saturated rings. The van der Waals surface area contributed by atoms with E-state index in [0.29, 0.717) is 31.7 Å². The summed E-state index contributed by atoms with van der Waals surface area (Å²) in [6.45, 7) is 8.81. The third-order valence-corrected chi connectivity index (χ3v) is 4.40. The number of ether oxygens (including phenoxy) is 1. The SMILES string of the molecule is CC(C)OCCCN(CCC(=O)N1CCNCC1)C(=O)c1ccccc1. The molecule has 1 saturated heterocycles. The Balaban J connectivity index is 1.90. The summed E-state index contributed by atoms with van der Waals surface area (Å²) in [7, 11) is 0. The highest BCUT2D eigenvalue weighted by Crippen LogP contribution is 2.08. The molecule has 1 aliphatic heterocycles. The number of rotatable bonds is 9. The predicted octanol–water partition coefficient (Wildman–Crippen LogP) is 1.77. The van der Waals surface area contributed by atoms with Gasteiger partial charge in [0.2, 0.25) is 5.91 Å². The van der Waals surface area contributed by atoms with Gasteiger partial charge in [-0.05, 0) is 32.4 Å². The molecule has 26 heavy (non-hydrogen) atoms. The van der Waals surface area contributed by atoms with Crippen LogP contribution < -0.4 is 5.32 Å². The minimum absolute atomic E-state index is 0.0248. The molecule has 0 bridgehead atoms. The maximum Gasteiger partial charge on any atom is 0.253 e. The average molecular weight is 361 g/mol. The maximum absolute atomic E-state index is 12.8. The standard InChI is InChI=1S/C20H31N3O3/c1-17(2)26-16-6-12-23(20(25)18-7-4-3-5-8-18)13-9-19(24)22-14-10-21-11-15-22/h3-5,7-8,17,21H,6,9-16H2,1-2H3. The third kappa shape index (κ3) is 6.77. The number of piperazine rings is 1. The van der Waals surface area contributed by atoms with E-state index in [2.05, 4.69) is 5.32 Å². The summed E-state index contributed by atoms with van der Waals surface area (Å²) in [5.41, 5.74) is 0.659. The Morgan fingerprint density at radius 2 is 1.85 bits per heavy atom. The Kier molecular flexibility index (Phi) is 8.58. The van der Waals surface area contributed by atoms with Crippen molar-refractivity contribution in [1.29, 1.82) is 0 Å². The monoisotopic (exact) mass is 361 g/mol. The molecular formula is C20H31N3O3. The van der Waals surface area contributed by atoms with Crippen molar-refractivity contribution >= 4 is 11.8 Å². The van der Waals surface area contributed by atoms with E-state index in [-0.39, 0.29) is 17.9 Å². The molecule has 0 atom stereocenters. The number of hydrogen-bond acceptors (Lipinski definition) is 4. The lowest BCUT2D eigenvalue weighted by molar-refractivity contribution is -0.131. The highest BCUT2D eigenvalue weighted by Gasteiger charge is 2.20. The van der Waals surface area contributed by atoms with Gasteiger partial charge >= 0.3 is 0 Å². The fraction of sp³-hybridized carbons (Fsp3) is 0.600. The van der Waals surface area contributed by atoms with E-state index < -0.39 is 0 Å². The summed E-state index contributed by atoms with van der Waals surface area (Å²) in [6, 6.07) is 9.25. The summed E-state index contributed by atoms with van der Waals surface area (Å²) in [5.74, 6) is 0.0963. The summed E-state index contributed by atoms with van der Waals surface area (Å²) >= 11 is 0. The molecule has 0 radical (unpaired) electrons. The first kappa shape index (κ1) is 20.4. The van der Waals surface area contributed by atoms with Crippen molar-refractivity contribution < 1.29 is 14.3 Å². The Morgan fingerprint density at radius 1 is 1.15 bits per heavy atom. The second-order valence-electron chi connectivity index (χ2n) is 6.81. The van der Waals surface area contributed by atoms with Crippen molar-refractivity contribution in [3.8, 4) is 0 Å². The van der Waals surface area contributed by atoms with Gasteiger partial charge < -0.3 is 19.9 Å². The van der Waals surface area contributed by atoms with Gasteiger partial charge in [-0.25, -0.2) is 0 Å². The molecule has 0 aliphatic carbocycles. The van der Waals surface area contributed by atoms with Crippen LogP contribution in [0.25, 0.3) is 0 Å². The smallest absolute Gasteiger partial charge is 0.253 e. The molecule has 0 spiro atoms. The quantitative estimate of drug-likeness (QED) is 0.681. The first-order valence-electron chi connectivity index (χ1n) is 9.52. The van der Waals surface area contributed by atoms with Gasteiger partial charge in [0.25, 0.3) is 5.91 Å². The van der Waals surface area contributed by atoms with Gasteiger partial charge in [-0.2, -0.15) is 0 Å². The van der Waals surface area contributed by atoms with E-state index in [1.54, 1.807) is 4.90 Å². The van der Waals surface area contributed by atoms with Crippen LogP contribution in [0.15, 0.2) is 30.3 Å². The topological polar surface area (TPSA) is 61.9 Å². The Bertz CT molecular complexity index is 557. The molecule has 6 heteroatoms. The zero-order chi connectivity index (χ0) is 18.8. The van der Waals surface area contributed by atoms with E-state index in [4.69, 9.17) is 4.74 Å². The minimum atomic E-state index is -0.0248. The van der Waals surface area contributed by atoms with Gasteiger partial charge in [-0.1, -0.05) is 18.2 Å². The maximum atomic E-state index is 12.8. The molecule has 6 nitrogen and oxygen atoms in total. The van der Waals surface area contributed by atoms with Crippen LogP contribution in [0.4, 0.5) is 0 Å². The number of hydrogen-bond donors (Lipinski definition) is 1. The Hall–Kier alpha value is -1.92. The van der Waals surface area contributed by atoms with E-state index >= 15 is 0 Å². The number of benzene rings is 1. The van der Waals surface area contributed by atoms with Crippen molar-refractivity contribution in [1.82, 2.24) is 15.1 Å². The highest BCUT2D eigenvalue weighted by atomic mass is 16.5. The molecule has 1 aromatic rings. The molecule has 0 saturated carbocycles. The van der Waals surface area contributed by atoms with Crippen LogP contribution in [-0.2, 0) is 9.53 Å². The molecule has 2 amide bonds. The van der Waals surface area contributed by atoms with Crippen molar-refractivity contribution in [2.75, 3.05) is 45.9 Å².